The van der Waals surface area contributed by atoms with E-state index in [1.165, 1.54) is 18.2 Å². The lowest BCUT2D eigenvalue weighted by molar-refractivity contribution is -0.385. The summed E-state index contributed by atoms with van der Waals surface area (Å²) in [7, 11) is 0. The Kier molecular flexibility index (Phi) is 4.24. The molecule has 0 saturated heterocycles. The van der Waals surface area contributed by atoms with Crippen LogP contribution in [0.5, 0.6) is 0 Å². The van der Waals surface area contributed by atoms with Gasteiger partial charge in [0.25, 0.3) is 11.6 Å². The molecule has 1 aromatic heterocycles. The van der Waals surface area contributed by atoms with Gasteiger partial charge in [0.1, 0.15) is 5.82 Å². The van der Waals surface area contributed by atoms with Crippen LogP contribution in [0.3, 0.4) is 0 Å². The number of benzene rings is 2. The van der Waals surface area contributed by atoms with E-state index in [-0.39, 0.29) is 11.6 Å². The van der Waals surface area contributed by atoms with E-state index >= 15 is 0 Å². The number of amides is 1. The van der Waals surface area contributed by atoms with Crippen molar-refractivity contribution in [2.75, 3.05) is 6.54 Å². The average Bonchev–Trinajstić information content (AvgIpc) is 2.97. The summed E-state index contributed by atoms with van der Waals surface area (Å²) in [6.45, 7) is 2.04. The van der Waals surface area contributed by atoms with E-state index in [9.17, 15) is 14.9 Å². The number of carbonyl (C=O) groups excluding carboxylic acids is 1. The van der Waals surface area contributed by atoms with Crippen molar-refractivity contribution >= 4 is 22.6 Å². The Morgan fingerprint density at radius 3 is 2.79 bits per heavy atom. The minimum absolute atomic E-state index is 0.00817. The van der Waals surface area contributed by atoms with Gasteiger partial charge in [-0.1, -0.05) is 12.1 Å². The van der Waals surface area contributed by atoms with Crippen molar-refractivity contribution in [3.63, 3.8) is 0 Å². The zero-order valence-corrected chi connectivity index (χ0v) is 13.1. The van der Waals surface area contributed by atoms with Crippen LogP contribution in [0.15, 0.2) is 42.5 Å². The maximum absolute atomic E-state index is 12.1. The fourth-order valence-electron chi connectivity index (χ4n) is 2.52. The predicted molar refractivity (Wildman–Crippen MR) is 90.0 cm³/mol. The molecule has 3 aromatic rings. The van der Waals surface area contributed by atoms with Gasteiger partial charge < -0.3 is 10.3 Å². The lowest BCUT2D eigenvalue weighted by Gasteiger charge is -2.05. The molecule has 0 fully saturated rings. The molecule has 24 heavy (non-hydrogen) atoms. The topological polar surface area (TPSA) is 101 Å². The van der Waals surface area contributed by atoms with Gasteiger partial charge in [-0.05, 0) is 31.2 Å². The third-order valence-corrected chi connectivity index (χ3v) is 3.74. The van der Waals surface area contributed by atoms with Crippen molar-refractivity contribution < 1.29 is 9.72 Å². The van der Waals surface area contributed by atoms with Gasteiger partial charge in [0, 0.05) is 30.2 Å². The van der Waals surface area contributed by atoms with Crippen molar-refractivity contribution in [3.8, 4) is 0 Å². The molecule has 0 aliphatic carbocycles. The molecule has 0 saturated carbocycles. The van der Waals surface area contributed by atoms with Gasteiger partial charge in [-0.3, -0.25) is 14.9 Å². The average molecular weight is 324 g/mol. The largest absolute Gasteiger partial charge is 0.352 e. The third kappa shape index (κ3) is 3.24. The normalized spacial score (nSPS) is 10.7. The Morgan fingerprint density at radius 1 is 1.29 bits per heavy atom. The number of fused-ring (bicyclic) bond motifs is 1. The monoisotopic (exact) mass is 324 g/mol. The number of H-pyrrole nitrogens is 1. The number of nitro benzene ring substituents is 1. The van der Waals surface area contributed by atoms with Crippen LogP contribution in [0, 0.1) is 17.0 Å². The summed E-state index contributed by atoms with van der Waals surface area (Å²) < 4.78 is 0. The number of imidazole rings is 1. The van der Waals surface area contributed by atoms with Gasteiger partial charge in [0.05, 0.1) is 16.0 Å². The number of nitrogens with zero attached hydrogens (tertiary/aromatic N) is 2. The summed E-state index contributed by atoms with van der Waals surface area (Å²) in [6, 6.07) is 12.1. The van der Waals surface area contributed by atoms with Crippen molar-refractivity contribution in [2.24, 2.45) is 0 Å². The molecule has 0 aliphatic heterocycles. The van der Waals surface area contributed by atoms with E-state index in [1.807, 2.05) is 24.3 Å². The highest BCUT2D eigenvalue weighted by atomic mass is 16.6. The van der Waals surface area contributed by atoms with Gasteiger partial charge in [-0.2, -0.15) is 0 Å². The van der Waals surface area contributed by atoms with Crippen LogP contribution >= 0.6 is 0 Å². The van der Waals surface area contributed by atoms with Crippen LogP contribution in [0.1, 0.15) is 21.7 Å². The Balaban J connectivity index is 1.61. The Labute approximate surface area is 137 Å². The molecule has 7 nitrogen and oxygen atoms in total. The maximum atomic E-state index is 12.1. The first-order valence-corrected chi connectivity index (χ1v) is 7.51. The molecule has 0 radical (unpaired) electrons. The van der Waals surface area contributed by atoms with Gasteiger partial charge in [-0.15, -0.1) is 0 Å². The predicted octanol–water partition coefficient (Wildman–Crippen LogP) is 2.75. The molecular formula is C17H16N4O3. The second-order valence-electron chi connectivity index (χ2n) is 5.46. The first-order chi connectivity index (χ1) is 11.5. The summed E-state index contributed by atoms with van der Waals surface area (Å²) >= 11 is 0. The van der Waals surface area contributed by atoms with E-state index in [0.717, 1.165) is 16.9 Å². The van der Waals surface area contributed by atoms with Crippen LogP contribution in [-0.4, -0.2) is 27.3 Å². The first kappa shape index (κ1) is 15.7. The number of rotatable bonds is 5. The van der Waals surface area contributed by atoms with Crippen LogP contribution in [0.25, 0.3) is 11.0 Å². The summed E-state index contributed by atoms with van der Waals surface area (Å²) in [5, 5.41) is 13.6. The van der Waals surface area contributed by atoms with Gasteiger partial charge in [0.2, 0.25) is 0 Å². The summed E-state index contributed by atoms with van der Waals surface area (Å²) in [4.78, 5) is 30.1. The van der Waals surface area contributed by atoms with Crippen LogP contribution < -0.4 is 5.32 Å². The molecule has 122 valence electrons. The van der Waals surface area contributed by atoms with Crippen molar-refractivity contribution in [3.05, 3.63) is 69.5 Å². The number of aromatic amines is 1. The number of hydrogen-bond acceptors (Lipinski definition) is 4. The Bertz CT molecular complexity index is 884. The third-order valence-electron chi connectivity index (χ3n) is 3.74. The highest BCUT2D eigenvalue weighted by Gasteiger charge is 2.13. The van der Waals surface area contributed by atoms with E-state index in [0.29, 0.717) is 24.1 Å². The fourth-order valence-corrected chi connectivity index (χ4v) is 2.52. The number of aromatic nitrogens is 2. The second kappa shape index (κ2) is 6.49. The number of aryl methyl sites for hydroxylation is 1. The van der Waals surface area contributed by atoms with Crippen molar-refractivity contribution in [1.29, 1.82) is 0 Å². The second-order valence-corrected chi connectivity index (χ2v) is 5.46. The summed E-state index contributed by atoms with van der Waals surface area (Å²) in [5.41, 5.74) is 2.73. The fraction of sp³-hybridized carbons (Fsp3) is 0.176. The number of hydrogen-bond donors (Lipinski definition) is 2. The molecule has 3 rings (SSSR count). The number of para-hydroxylation sites is 2. The minimum atomic E-state index is -0.460. The number of nitro groups is 1. The van der Waals surface area contributed by atoms with Crippen molar-refractivity contribution in [1.82, 2.24) is 15.3 Å². The van der Waals surface area contributed by atoms with E-state index < -0.39 is 4.92 Å². The van der Waals surface area contributed by atoms with E-state index in [1.54, 1.807) is 6.92 Å². The zero-order chi connectivity index (χ0) is 17.1. The van der Waals surface area contributed by atoms with Crippen molar-refractivity contribution in [2.45, 2.75) is 13.3 Å². The summed E-state index contributed by atoms with van der Waals surface area (Å²) in [5.74, 6) is 0.542. The molecule has 1 heterocycles. The molecule has 0 bridgehead atoms. The lowest BCUT2D eigenvalue weighted by atomic mass is 10.1. The van der Waals surface area contributed by atoms with E-state index in [2.05, 4.69) is 15.3 Å². The van der Waals surface area contributed by atoms with Gasteiger partial charge in [0.15, 0.2) is 0 Å². The number of carbonyl (C=O) groups is 1. The molecule has 2 N–H and O–H groups in total. The number of nitrogens with one attached hydrogen (secondary N) is 2. The molecule has 0 spiro atoms. The van der Waals surface area contributed by atoms with Crippen LogP contribution in [-0.2, 0) is 6.42 Å². The van der Waals surface area contributed by atoms with Crippen LogP contribution in [0.4, 0.5) is 5.69 Å². The molecule has 0 atom stereocenters. The summed E-state index contributed by atoms with van der Waals surface area (Å²) in [6.07, 6.45) is 0.576. The zero-order valence-electron chi connectivity index (χ0n) is 13.1. The van der Waals surface area contributed by atoms with Gasteiger partial charge in [-0.25, -0.2) is 4.98 Å². The molecule has 0 aliphatic rings. The molecule has 7 heteroatoms. The highest BCUT2D eigenvalue weighted by molar-refractivity contribution is 5.94. The maximum Gasteiger partial charge on any atom is 0.272 e. The van der Waals surface area contributed by atoms with E-state index in [4.69, 9.17) is 0 Å². The molecular weight excluding hydrogens is 308 g/mol. The SMILES string of the molecule is Cc1cc(C(=O)NCCc2nc3ccccc3[nH]2)ccc1[N+](=O)[O-]. The minimum Gasteiger partial charge on any atom is -0.352 e. The molecule has 2 aromatic carbocycles. The lowest BCUT2D eigenvalue weighted by Crippen LogP contribution is -2.26. The highest BCUT2D eigenvalue weighted by Crippen LogP contribution is 2.18. The first-order valence-electron chi connectivity index (χ1n) is 7.51. The Hall–Kier alpha value is -3.22. The smallest absolute Gasteiger partial charge is 0.272 e. The quantitative estimate of drug-likeness (QED) is 0.556. The molecule has 1 amide bonds. The Morgan fingerprint density at radius 2 is 2.08 bits per heavy atom. The molecule has 0 unspecified atom stereocenters. The van der Waals surface area contributed by atoms with Crippen LogP contribution in [0.2, 0.25) is 0 Å². The van der Waals surface area contributed by atoms with Gasteiger partial charge >= 0.3 is 0 Å². The standard InChI is InChI=1S/C17H16N4O3/c1-11-10-12(6-7-15(11)21(23)24)17(22)18-9-8-16-19-13-4-2-3-5-14(13)20-16/h2-7,10H,8-9H2,1H3,(H,18,22)(H,19,20).